The van der Waals surface area contributed by atoms with Crippen LogP contribution in [0.15, 0.2) is 24.3 Å². The first-order valence-corrected chi connectivity index (χ1v) is 9.07. The van der Waals surface area contributed by atoms with Gasteiger partial charge in [-0.25, -0.2) is 9.59 Å². The van der Waals surface area contributed by atoms with Crippen LogP contribution in [0.25, 0.3) is 0 Å². The van der Waals surface area contributed by atoms with Crippen LogP contribution in [-0.4, -0.2) is 36.5 Å². The van der Waals surface area contributed by atoms with Gasteiger partial charge in [-0.1, -0.05) is 6.07 Å². The van der Waals surface area contributed by atoms with Gasteiger partial charge >= 0.3 is 12.2 Å². The number of carbonyl (C=O) groups is 2. The Morgan fingerprint density at radius 3 is 1.88 bits per heavy atom. The maximum atomic E-state index is 12.7. The van der Waals surface area contributed by atoms with Crippen LogP contribution in [0.1, 0.15) is 54.4 Å². The summed E-state index contributed by atoms with van der Waals surface area (Å²) in [7, 11) is 0. The smallest absolute Gasteiger partial charge is 0.424 e. The minimum absolute atomic E-state index is 0.443. The molecule has 1 fully saturated rings. The third kappa shape index (κ3) is 5.64. The molecule has 1 heterocycles. The van der Waals surface area contributed by atoms with E-state index in [4.69, 9.17) is 9.47 Å². The summed E-state index contributed by atoms with van der Waals surface area (Å²) in [6.07, 6.45) is 0.800. The quantitative estimate of drug-likeness (QED) is 0.744. The maximum Gasteiger partial charge on any atom is 0.424 e. The fraction of sp³-hybridized carbons (Fsp3) is 0.600. The molecule has 0 atom stereocenters. The molecule has 0 unspecified atom stereocenters. The lowest BCUT2D eigenvalue weighted by molar-refractivity contribution is 0.0431. The standard InChI is InChI=1S/C20H30N2O4/c1-19(2,3)25-17(23)22(18(24)26-20(4,5)6)16-11-9-10-15(14-16)21-12-7-8-13-21/h9-11,14H,7-8,12-13H2,1-6H3. The Hall–Kier alpha value is -2.24. The van der Waals surface area contributed by atoms with Gasteiger partial charge in [0.05, 0.1) is 5.69 Å². The average Bonchev–Trinajstić information content (AvgIpc) is 2.97. The summed E-state index contributed by atoms with van der Waals surface area (Å²) in [4.78, 5) is 28.6. The van der Waals surface area contributed by atoms with Gasteiger partial charge in [0.1, 0.15) is 11.2 Å². The molecule has 2 rings (SSSR count). The lowest BCUT2D eigenvalue weighted by atomic mass is 10.2. The van der Waals surface area contributed by atoms with Crippen molar-refractivity contribution >= 4 is 23.6 Å². The highest BCUT2D eigenvalue weighted by Gasteiger charge is 2.33. The molecule has 1 aromatic carbocycles. The number of rotatable bonds is 2. The van der Waals surface area contributed by atoms with Gasteiger partial charge in [-0.3, -0.25) is 0 Å². The Bertz CT molecular complexity index is 625. The summed E-state index contributed by atoms with van der Waals surface area (Å²) in [5.74, 6) is 0. The summed E-state index contributed by atoms with van der Waals surface area (Å²) >= 11 is 0. The summed E-state index contributed by atoms with van der Waals surface area (Å²) in [6, 6.07) is 7.37. The zero-order chi connectivity index (χ0) is 19.5. The highest BCUT2D eigenvalue weighted by Crippen LogP contribution is 2.28. The number of amides is 2. The first kappa shape index (κ1) is 20.1. The van der Waals surface area contributed by atoms with Gasteiger partial charge in [-0.15, -0.1) is 0 Å². The molecule has 0 aromatic heterocycles. The fourth-order valence-electron chi connectivity index (χ4n) is 2.70. The van der Waals surface area contributed by atoms with Crippen molar-refractivity contribution in [1.29, 1.82) is 0 Å². The molecule has 0 radical (unpaired) electrons. The molecule has 0 bridgehead atoms. The minimum Gasteiger partial charge on any atom is -0.443 e. The third-order valence-corrected chi connectivity index (χ3v) is 3.71. The molecule has 1 aliphatic heterocycles. The van der Waals surface area contributed by atoms with Crippen molar-refractivity contribution in [2.45, 2.75) is 65.6 Å². The van der Waals surface area contributed by atoms with Crippen molar-refractivity contribution in [2.75, 3.05) is 22.9 Å². The predicted molar refractivity (Wildman–Crippen MR) is 103 cm³/mol. The van der Waals surface area contributed by atoms with Crippen molar-refractivity contribution in [1.82, 2.24) is 0 Å². The Labute approximate surface area is 156 Å². The van der Waals surface area contributed by atoms with Crippen LogP contribution in [0.3, 0.4) is 0 Å². The molecular formula is C20H30N2O4. The van der Waals surface area contributed by atoms with E-state index in [2.05, 4.69) is 4.90 Å². The fourth-order valence-corrected chi connectivity index (χ4v) is 2.70. The highest BCUT2D eigenvalue weighted by atomic mass is 16.6. The van der Waals surface area contributed by atoms with Crippen molar-refractivity contribution in [3.8, 4) is 0 Å². The third-order valence-electron chi connectivity index (χ3n) is 3.71. The van der Waals surface area contributed by atoms with Crippen LogP contribution in [-0.2, 0) is 9.47 Å². The van der Waals surface area contributed by atoms with Gasteiger partial charge in [0.25, 0.3) is 0 Å². The molecule has 1 saturated heterocycles. The van der Waals surface area contributed by atoms with Crippen molar-refractivity contribution in [3.05, 3.63) is 24.3 Å². The molecule has 0 saturated carbocycles. The molecule has 144 valence electrons. The van der Waals surface area contributed by atoms with Crippen molar-refractivity contribution in [3.63, 3.8) is 0 Å². The average molecular weight is 362 g/mol. The lowest BCUT2D eigenvalue weighted by Gasteiger charge is -2.29. The molecule has 2 amide bonds. The Balaban J connectivity index is 2.34. The number of carbonyl (C=O) groups excluding carboxylic acids is 2. The van der Waals surface area contributed by atoms with E-state index in [0.29, 0.717) is 5.69 Å². The predicted octanol–water partition coefficient (Wildman–Crippen LogP) is 4.96. The monoisotopic (exact) mass is 362 g/mol. The van der Waals surface area contributed by atoms with Crippen LogP contribution in [0.4, 0.5) is 21.0 Å². The lowest BCUT2D eigenvalue weighted by Crippen LogP contribution is -2.43. The minimum atomic E-state index is -0.745. The van der Waals surface area contributed by atoms with Gasteiger partial charge in [-0.05, 0) is 72.6 Å². The van der Waals surface area contributed by atoms with Crippen LogP contribution in [0.5, 0.6) is 0 Å². The first-order valence-electron chi connectivity index (χ1n) is 9.07. The van der Waals surface area contributed by atoms with Gasteiger partial charge in [0.15, 0.2) is 0 Å². The summed E-state index contributed by atoms with van der Waals surface area (Å²) in [6.45, 7) is 12.5. The Morgan fingerprint density at radius 2 is 1.42 bits per heavy atom. The molecular weight excluding hydrogens is 332 g/mol. The second kappa shape index (κ2) is 7.56. The van der Waals surface area contributed by atoms with Gasteiger partial charge in [0.2, 0.25) is 0 Å². The van der Waals surface area contributed by atoms with Crippen molar-refractivity contribution in [2.24, 2.45) is 0 Å². The van der Waals surface area contributed by atoms with E-state index in [1.165, 1.54) is 0 Å². The number of hydrogen-bond donors (Lipinski definition) is 0. The van der Waals surface area contributed by atoms with Crippen LogP contribution >= 0.6 is 0 Å². The number of benzene rings is 1. The zero-order valence-corrected chi connectivity index (χ0v) is 16.7. The van der Waals surface area contributed by atoms with E-state index < -0.39 is 23.4 Å². The molecule has 6 heteroatoms. The first-order chi connectivity index (χ1) is 12.0. The van der Waals surface area contributed by atoms with Crippen LogP contribution < -0.4 is 9.80 Å². The summed E-state index contributed by atoms with van der Waals surface area (Å²) < 4.78 is 10.9. The molecule has 0 aliphatic carbocycles. The number of ether oxygens (including phenoxy) is 2. The van der Waals surface area contributed by atoms with E-state index in [0.717, 1.165) is 36.5 Å². The summed E-state index contributed by atoms with van der Waals surface area (Å²) in [5, 5.41) is 0. The maximum absolute atomic E-state index is 12.7. The second-order valence-electron chi connectivity index (χ2n) is 8.51. The Kier molecular flexibility index (Phi) is 5.84. The summed E-state index contributed by atoms with van der Waals surface area (Å²) in [5.41, 5.74) is -0.0107. The van der Waals surface area contributed by atoms with Crippen LogP contribution in [0, 0.1) is 0 Å². The van der Waals surface area contributed by atoms with E-state index in [9.17, 15) is 9.59 Å². The topological polar surface area (TPSA) is 59.1 Å². The molecule has 0 spiro atoms. The highest BCUT2D eigenvalue weighted by molar-refractivity contribution is 6.09. The number of anilines is 2. The zero-order valence-electron chi connectivity index (χ0n) is 16.7. The molecule has 26 heavy (non-hydrogen) atoms. The van der Waals surface area contributed by atoms with Gasteiger partial charge in [-0.2, -0.15) is 4.90 Å². The van der Waals surface area contributed by atoms with Gasteiger partial charge < -0.3 is 14.4 Å². The largest absolute Gasteiger partial charge is 0.443 e. The molecule has 1 aromatic rings. The number of imide groups is 1. The van der Waals surface area contributed by atoms with E-state index in [1.54, 1.807) is 47.6 Å². The number of nitrogens with zero attached hydrogens (tertiary/aromatic N) is 2. The van der Waals surface area contributed by atoms with E-state index in [-0.39, 0.29) is 0 Å². The molecule has 0 N–H and O–H groups in total. The molecule has 6 nitrogen and oxygen atoms in total. The van der Waals surface area contributed by atoms with E-state index >= 15 is 0 Å². The van der Waals surface area contributed by atoms with Crippen LogP contribution in [0.2, 0.25) is 0 Å². The number of hydrogen-bond acceptors (Lipinski definition) is 5. The van der Waals surface area contributed by atoms with Crippen molar-refractivity contribution < 1.29 is 19.1 Å². The normalized spacial score (nSPS) is 14.9. The van der Waals surface area contributed by atoms with E-state index in [1.807, 2.05) is 18.2 Å². The SMILES string of the molecule is CC(C)(C)OC(=O)N(C(=O)OC(C)(C)C)c1cccc(N2CCCC2)c1. The second-order valence-corrected chi connectivity index (χ2v) is 8.51. The van der Waals surface area contributed by atoms with Gasteiger partial charge in [0, 0.05) is 18.8 Å². The molecule has 1 aliphatic rings. The Morgan fingerprint density at radius 1 is 0.923 bits per heavy atom.